The Hall–Kier alpha value is -0.770. The van der Waals surface area contributed by atoms with Gasteiger partial charge < -0.3 is 9.73 Å². The fourth-order valence-electron chi connectivity index (χ4n) is 2.73. The van der Waals surface area contributed by atoms with Crippen LogP contribution in [0.5, 0.6) is 0 Å². The highest BCUT2D eigenvalue weighted by atomic mass is 79.9. The Labute approximate surface area is 110 Å². The van der Waals surface area contributed by atoms with E-state index in [1.54, 1.807) is 6.07 Å². The maximum absolute atomic E-state index is 12.0. The molecule has 1 amide bonds. The lowest BCUT2D eigenvalue weighted by molar-refractivity contribution is 0.0925. The van der Waals surface area contributed by atoms with Gasteiger partial charge in [0.15, 0.2) is 4.67 Å². The zero-order valence-corrected chi connectivity index (χ0v) is 11.8. The van der Waals surface area contributed by atoms with Gasteiger partial charge in [-0.1, -0.05) is 20.3 Å². The van der Waals surface area contributed by atoms with E-state index in [9.17, 15) is 4.79 Å². The summed E-state index contributed by atoms with van der Waals surface area (Å²) in [4.78, 5) is 12.0. The smallest absolute Gasteiger partial charge is 0.255 e. The molecular formula is C13H18BrNO2. The van der Waals surface area contributed by atoms with E-state index < -0.39 is 0 Å². The Morgan fingerprint density at radius 3 is 2.88 bits per heavy atom. The molecular weight excluding hydrogens is 282 g/mol. The molecule has 1 aliphatic rings. The van der Waals surface area contributed by atoms with Gasteiger partial charge in [0.2, 0.25) is 0 Å². The minimum absolute atomic E-state index is 0.0424. The molecule has 0 spiro atoms. The van der Waals surface area contributed by atoms with Gasteiger partial charge in [-0.05, 0) is 46.7 Å². The second kappa shape index (κ2) is 5.25. The Balaban J connectivity index is 1.99. The van der Waals surface area contributed by atoms with Crippen LogP contribution in [0.25, 0.3) is 0 Å². The van der Waals surface area contributed by atoms with Gasteiger partial charge in [-0.25, -0.2) is 0 Å². The van der Waals surface area contributed by atoms with E-state index in [0.717, 1.165) is 12.3 Å². The number of nitrogens with one attached hydrogen (secondary N) is 1. The van der Waals surface area contributed by atoms with Crippen molar-refractivity contribution in [2.24, 2.45) is 11.8 Å². The van der Waals surface area contributed by atoms with E-state index in [4.69, 9.17) is 4.42 Å². The van der Waals surface area contributed by atoms with Crippen molar-refractivity contribution in [3.05, 3.63) is 22.6 Å². The molecule has 0 bridgehead atoms. The van der Waals surface area contributed by atoms with Crippen LogP contribution in [0.15, 0.2) is 21.4 Å². The minimum Gasteiger partial charge on any atom is -0.457 e. The van der Waals surface area contributed by atoms with Gasteiger partial charge in [-0.2, -0.15) is 0 Å². The summed E-state index contributed by atoms with van der Waals surface area (Å²) in [6.07, 6.45) is 5.02. The highest BCUT2D eigenvalue weighted by Gasteiger charge is 2.32. The number of halogens is 1. The van der Waals surface area contributed by atoms with Gasteiger partial charge in [0.25, 0.3) is 5.91 Å². The van der Waals surface area contributed by atoms with E-state index in [0.29, 0.717) is 22.2 Å². The van der Waals surface area contributed by atoms with Crippen molar-refractivity contribution in [2.75, 3.05) is 0 Å². The normalized spacial score (nSPS) is 28.3. The zero-order valence-electron chi connectivity index (χ0n) is 10.2. The van der Waals surface area contributed by atoms with Crippen LogP contribution in [0, 0.1) is 11.8 Å². The molecule has 1 N–H and O–H groups in total. The van der Waals surface area contributed by atoms with Crippen LogP contribution >= 0.6 is 15.9 Å². The molecule has 2 rings (SSSR count). The number of hydrogen-bond donors (Lipinski definition) is 1. The molecule has 94 valence electrons. The quantitative estimate of drug-likeness (QED) is 0.926. The Morgan fingerprint density at radius 1 is 1.59 bits per heavy atom. The summed E-state index contributed by atoms with van der Waals surface area (Å²) >= 11 is 3.23. The first-order valence-corrected chi connectivity index (χ1v) is 6.96. The second-order valence-corrected chi connectivity index (χ2v) is 5.51. The van der Waals surface area contributed by atoms with Gasteiger partial charge >= 0.3 is 0 Å². The molecule has 1 aliphatic carbocycles. The first-order valence-electron chi connectivity index (χ1n) is 6.17. The lowest BCUT2D eigenvalue weighted by Crippen LogP contribution is -2.37. The van der Waals surface area contributed by atoms with Crippen molar-refractivity contribution >= 4 is 21.8 Å². The molecule has 1 heterocycles. The third kappa shape index (κ3) is 2.57. The number of furan rings is 1. The van der Waals surface area contributed by atoms with Crippen LogP contribution in [0.2, 0.25) is 0 Å². The third-order valence-corrected chi connectivity index (χ3v) is 4.54. The van der Waals surface area contributed by atoms with Crippen molar-refractivity contribution in [3.63, 3.8) is 0 Å². The van der Waals surface area contributed by atoms with Gasteiger partial charge in [0.05, 0.1) is 11.8 Å². The summed E-state index contributed by atoms with van der Waals surface area (Å²) < 4.78 is 5.58. The van der Waals surface area contributed by atoms with Crippen molar-refractivity contribution in [2.45, 2.75) is 39.2 Å². The summed E-state index contributed by atoms with van der Waals surface area (Å²) in [5.41, 5.74) is 0.581. The Kier molecular flexibility index (Phi) is 3.92. The predicted octanol–water partition coefficient (Wildman–Crippen LogP) is 3.60. The molecule has 1 aromatic heterocycles. The van der Waals surface area contributed by atoms with Crippen LogP contribution in [0.1, 0.15) is 43.5 Å². The van der Waals surface area contributed by atoms with Crippen molar-refractivity contribution < 1.29 is 9.21 Å². The third-order valence-electron chi connectivity index (χ3n) is 3.93. The lowest BCUT2D eigenvalue weighted by atomic mass is 9.93. The summed E-state index contributed by atoms with van der Waals surface area (Å²) in [7, 11) is 0. The standard InChI is InChI=1S/C13H18BrNO2/c1-3-9-4-5-11(8(9)2)15-13(16)10-6-7-17-12(10)14/h6-9,11H,3-5H2,1-2H3,(H,15,16). The lowest BCUT2D eigenvalue weighted by Gasteiger charge is -2.20. The monoisotopic (exact) mass is 299 g/mol. The number of amides is 1. The van der Waals surface area contributed by atoms with Gasteiger partial charge in [0.1, 0.15) is 0 Å². The van der Waals surface area contributed by atoms with Gasteiger partial charge in [-0.15, -0.1) is 0 Å². The van der Waals surface area contributed by atoms with Gasteiger partial charge in [-0.3, -0.25) is 4.79 Å². The van der Waals surface area contributed by atoms with Crippen molar-refractivity contribution in [3.8, 4) is 0 Å². The molecule has 1 fully saturated rings. The molecule has 3 atom stereocenters. The Morgan fingerprint density at radius 2 is 2.35 bits per heavy atom. The highest BCUT2D eigenvalue weighted by molar-refractivity contribution is 9.10. The van der Waals surface area contributed by atoms with E-state index >= 15 is 0 Å². The van der Waals surface area contributed by atoms with Crippen LogP contribution in [0.4, 0.5) is 0 Å². The topological polar surface area (TPSA) is 42.2 Å². The fourth-order valence-corrected chi connectivity index (χ4v) is 3.15. The molecule has 0 aromatic carbocycles. The molecule has 4 heteroatoms. The van der Waals surface area contributed by atoms with E-state index in [-0.39, 0.29) is 5.91 Å². The maximum Gasteiger partial charge on any atom is 0.255 e. The van der Waals surface area contributed by atoms with Crippen molar-refractivity contribution in [1.82, 2.24) is 5.32 Å². The van der Waals surface area contributed by atoms with E-state index in [1.807, 2.05) is 0 Å². The largest absolute Gasteiger partial charge is 0.457 e. The van der Waals surface area contributed by atoms with Crippen LogP contribution < -0.4 is 5.32 Å². The average Bonchev–Trinajstić information content (AvgIpc) is 2.87. The van der Waals surface area contributed by atoms with Gasteiger partial charge in [0, 0.05) is 6.04 Å². The molecule has 3 nitrogen and oxygen atoms in total. The van der Waals surface area contributed by atoms with Crippen LogP contribution in [0.3, 0.4) is 0 Å². The number of carbonyl (C=O) groups is 1. The fraction of sp³-hybridized carbons (Fsp3) is 0.615. The summed E-state index contributed by atoms with van der Waals surface area (Å²) in [5.74, 6) is 1.27. The predicted molar refractivity (Wildman–Crippen MR) is 69.8 cm³/mol. The SMILES string of the molecule is CCC1CCC(NC(=O)c2ccoc2Br)C1C. The average molecular weight is 300 g/mol. The number of hydrogen-bond acceptors (Lipinski definition) is 2. The summed E-state index contributed by atoms with van der Waals surface area (Å²) in [6, 6.07) is 1.99. The first-order chi connectivity index (χ1) is 8.13. The van der Waals surface area contributed by atoms with Crippen LogP contribution in [-0.4, -0.2) is 11.9 Å². The second-order valence-electron chi connectivity index (χ2n) is 4.79. The van der Waals surface area contributed by atoms with E-state index in [2.05, 4.69) is 35.1 Å². The number of carbonyl (C=O) groups excluding carboxylic acids is 1. The van der Waals surface area contributed by atoms with E-state index in [1.165, 1.54) is 19.1 Å². The maximum atomic E-state index is 12.0. The van der Waals surface area contributed by atoms with Crippen LogP contribution in [-0.2, 0) is 0 Å². The molecule has 0 saturated heterocycles. The van der Waals surface area contributed by atoms with Crippen molar-refractivity contribution in [1.29, 1.82) is 0 Å². The first kappa shape index (κ1) is 12.7. The molecule has 1 saturated carbocycles. The molecule has 1 aromatic rings. The molecule has 0 radical (unpaired) electrons. The Bertz CT molecular complexity index is 402. The molecule has 3 unspecified atom stereocenters. The zero-order chi connectivity index (χ0) is 12.4. The molecule has 0 aliphatic heterocycles. The minimum atomic E-state index is -0.0424. The molecule has 17 heavy (non-hydrogen) atoms. The summed E-state index contributed by atoms with van der Waals surface area (Å²) in [6.45, 7) is 4.45. The number of rotatable bonds is 3. The highest BCUT2D eigenvalue weighted by Crippen LogP contribution is 2.34. The summed E-state index contributed by atoms with van der Waals surface area (Å²) in [5, 5.41) is 3.11.